The van der Waals surface area contributed by atoms with E-state index < -0.39 is 18.1 Å². The number of nitrogens with zero attached hydrogens (tertiary/aromatic N) is 1. The van der Waals surface area contributed by atoms with Crippen molar-refractivity contribution in [3.63, 3.8) is 0 Å². The van der Waals surface area contributed by atoms with Crippen LogP contribution < -0.4 is 0 Å². The van der Waals surface area contributed by atoms with Gasteiger partial charge in [-0.15, -0.1) is 11.8 Å². The summed E-state index contributed by atoms with van der Waals surface area (Å²) in [5.41, 5.74) is 0.500. The Labute approximate surface area is 104 Å². The predicted octanol–water partition coefficient (Wildman–Crippen LogP) is 1.37. The largest absolute Gasteiger partial charge is 0.490 e. The molecule has 2 N–H and O–H groups in total. The van der Waals surface area contributed by atoms with E-state index in [0.717, 1.165) is 18.7 Å². The van der Waals surface area contributed by atoms with Gasteiger partial charge in [0, 0.05) is 12.3 Å². The van der Waals surface area contributed by atoms with Crippen LogP contribution in [0.2, 0.25) is 0 Å². The zero-order chi connectivity index (χ0) is 13.9. The molecule has 2 rings (SSSR count). The summed E-state index contributed by atoms with van der Waals surface area (Å²) < 4.78 is 31.7. The first-order valence-corrected chi connectivity index (χ1v) is 5.90. The summed E-state index contributed by atoms with van der Waals surface area (Å²) in [6, 6.07) is 0. The molecule has 2 heterocycles. The lowest BCUT2D eigenvalue weighted by Gasteiger charge is -2.44. The highest BCUT2D eigenvalue weighted by Gasteiger charge is 2.38. The number of carbonyl (C=O) groups is 2. The maximum Gasteiger partial charge on any atom is 0.490 e. The van der Waals surface area contributed by atoms with Crippen LogP contribution in [0.1, 0.15) is 6.42 Å². The van der Waals surface area contributed by atoms with Crippen molar-refractivity contribution in [3.8, 4) is 0 Å². The second-order valence-corrected chi connectivity index (χ2v) is 4.68. The Bertz CT molecular complexity index is 382. The number of hydrogen-bond acceptors (Lipinski definition) is 4. The fraction of sp³-hybridized carbons (Fsp3) is 0.556. The van der Waals surface area contributed by atoms with Gasteiger partial charge in [0.1, 0.15) is 5.70 Å². The molecule has 1 atom stereocenters. The molecule has 1 unspecified atom stereocenters. The number of thioether (sulfide) groups is 1. The minimum absolute atomic E-state index is 0.450. The maximum atomic E-state index is 10.6. The monoisotopic (exact) mass is 285 g/mol. The predicted molar refractivity (Wildman–Crippen MR) is 57.0 cm³/mol. The first-order valence-electron chi connectivity index (χ1n) is 4.85. The molecule has 102 valence electrons. The van der Waals surface area contributed by atoms with Crippen molar-refractivity contribution in [2.75, 3.05) is 12.3 Å². The molecule has 9 heteroatoms. The van der Waals surface area contributed by atoms with Gasteiger partial charge in [-0.25, -0.2) is 9.59 Å². The van der Waals surface area contributed by atoms with Crippen molar-refractivity contribution >= 4 is 23.7 Å². The van der Waals surface area contributed by atoms with E-state index >= 15 is 0 Å². The van der Waals surface area contributed by atoms with E-state index in [9.17, 15) is 18.0 Å². The Morgan fingerprint density at radius 3 is 2.22 bits per heavy atom. The second-order valence-electron chi connectivity index (χ2n) is 3.47. The number of hydrogen-bond donors (Lipinski definition) is 2. The van der Waals surface area contributed by atoms with Gasteiger partial charge in [-0.3, -0.25) is 0 Å². The standard InChI is InChI=1S/C7H9NO2S.C2HF3O2/c9-7(10)5-2-4-11-6-1-3-8(5)6;3-2(4,5)1(6)7/h2,6H,1,3-4H2,(H,9,10);(H,6,7). The van der Waals surface area contributed by atoms with Crippen LogP contribution in [0.15, 0.2) is 11.8 Å². The summed E-state index contributed by atoms with van der Waals surface area (Å²) in [6.45, 7) is 0.913. The average Bonchev–Trinajstić information content (AvgIpc) is 2.18. The number of halogens is 3. The van der Waals surface area contributed by atoms with E-state index in [1.165, 1.54) is 0 Å². The third kappa shape index (κ3) is 3.56. The quantitative estimate of drug-likeness (QED) is 0.757. The minimum Gasteiger partial charge on any atom is -0.477 e. The molecule has 1 saturated heterocycles. The van der Waals surface area contributed by atoms with Crippen LogP contribution in [-0.2, 0) is 9.59 Å². The van der Waals surface area contributed by atoms with Gasteiger partial charge in [0.15, 0.2) is 0 Å². The van der Waals surface area contributed by atoms with Crippen LogP contribution in [0, 0.1) is 0 Å². The van der Waals surface area contributed by atoms with Crippen molar-refractivity contribution in [1.82, 2.24) is 4.90 Å². The molecule has 0 radical (unpaired) electrons. The Hall–Kier alpha value is -1.38. The molecular formula is C9H10F3NO4S. The number of rotatable bonds is 1. The van der Waals surface area contributed by atoms with Gasteiger partial charge in [-0.1, -0.05) is 0 Å². The van der Waals surface area contributed by atoms with Gasteiger partial charge < -0.3 is 15.1 Å². The molecule has 0 amide bonds. The third-order valence-electron chi connectivity index (χ3n) is 2.30. The lowest BCUT2D eigenvalue weighted by atomic mass is 10.2. The molecule has 0 aromatic rings. The molecule has 2 aliphatic heterocycles. The molecule has 0 aromatic carbocycles. The van der Waals surface area contributed by atoms with Crippen molar-refractivity contribution in [2.45, 2.75) is 18.0 Å². The van der Waals surface area contributed by atoms with E-state index in [1.807, 2.05) is 16.7 Å². The van der Waals surface area contributed by atoms with Crippen LogP contribution in [0.4, 0.5) is 13.2 Å². The number of aliphatic carboxylic acids is 2. The Morgan fingerprint density at radius 1 is 1.39 bits per heavy atom. The summed E-state index contributed by atoms with van der Waals surface area (Å²) in [7, 11) is 0. The molecule has 0 aliphatic carbocycles. The van der Waals surface area contributed by atoms with Gasteiger partial charge in [0.25, 0.3) is 0 Å². The van der Waals surface area contributed by atoms with E-state index in [4.69, 9.17) is 15.0 Å². The zero-order valence-electron chi connectivity index (χ0n) is 8.98. The third-order valence-corrected chi connectivity index (χ3v) is 3.53. The topological polar surface area (TPSA) is 77.8 Å². The van der Waals surface area contributed by atoms with Crippen molar-refractivity contribution in [1.29, 1.82) is 0 Å². The van der Waals surface area contributed by atoms with E-state index in [-0.39, 0.29) is 0 Å². The summed E-state index contributed by atoms with van der Waals surface area (Å²) >= 11 is 1.82. The van der Waals surface area contributed by atoms with Crippen LogP contribution in [0.5, 0.6) is 0 Å². The van der Waals surface area contributed by atoms with Gasteiger partial charge in [0.2, 0.25) is 0 Å². The Morgan fingerprint density at radius 2 is 1.94 bits per heavy atom. The summed E-state index contributed by atoms with van der Waals surface area (Å²) in [6.07, 6.45) is -2.15. The highest BCUT2D eigenvalue weighted by molar-refractivity contribution is 8.00. The first kappa shape index (κ1) is 14.7. The minimum atomic E-state index is -5.08. The highest BCUT2D eigenvalue weighted by Crippen LogP contribution is 2.35. The summed E-state index contributed by atoms with van der Waals surface area (Å²) in [4.78, 5) is 21.5. The van der Waals surface area contributed by atoms with Gasteiger partial charge in [-0.2, -0.15) is 13.2 Å². The van der Waals surface area contributed by atoms with E-state index in [2.05, 4.69) is 0 Å². The molecule has 18 heavy (non-hydrogen) atoms. The molecule has 2 aliphatic rings. The zero-order valence-corrected chi connectivity index (χ0v) is 9.79. The van der Waals surface area contributed by atoms with Crippen LogP contribution in [-0.4, -0.2) is 50.9 Å². The van der Waals surface area contributed by atoms with Gasteiger partial charge >= 0.3 is 18.1 Å². The second kappa shape index (κ2) is 5.51. The summed E-state index contributed by atoms with van der Waals surface area (Å²) in [5, 5.41) is 16.3. The van der Waals surface area contributed by atoms with Gasteiger partial charge in [0.05, 0.1) is 5.37 Å². The fourth-order valence-corrected chi connectivity index (χ4v) is 2.53. The number of carboxylic acids is 2. The SMILES string of the molecule is O=C(O)C(F)(F)F.O=C(O)C1=CCSC2CCN12. The van der Waals surface area contributed by atoms with E-state index in [1.54, 1.807) is 6.08 Å². The molecule has 5 nitrogen and oxygen atoms in total. The average molecular weight is 285 g/mol. The smallest absolute Gasteiger partial charge is 0.477 e. The van der Waals surface area contributed by atoms with Crippen LogP contribution in [0.3, 0.4) is 0 Å². The lowest BCUT2D eigenvalue weighted by molar-refractivity contribution is -0.192. The first-order chi connectivity index (χ1) is 8.23. The Balaban J connectivity index is 0.000000203. The van der Waals surface area contributed by atoms with Crippen LogP contribution in [0.25, 0.3) is 0 Å². The molecule has 0 saturated carbocycles. The number of carboxylic acid groups (broad SMARTS) is 2. The molecular weight excluding hydrogens is 275 g/mol. The van der Waals surface area contributed by atoms with Crippen molar-refractivity contribution < 1.29 is 33.0 Å². The molecule has 0 spiro atoms. The Kier molecular flexibility index (Phi) is 4.49. The number of alkyl halides is 3. The highest BCUT2D eigenvalue weighted by atomic mass is 32.2. The van der Waals surface area contributed by atoms with E-state index in [0.29, 0.717) is 11.1 Å². The van der Waals surface area contributed by atoms with Crippen molar-refractivity contribution in [2.24, 2.45) is 0 Å². The van der Waals surface area contributed by atoms with Crippen LogP contribution >= 0.6 is 11.8 Å². The normalized spacial score (nSPS) is 21.8. The lowest BCUT2D eigenvalue weighted by Crippen LogP contribution is -2.48. The number of fused-ring (bicyclic) bond motifs is 1. The fourth-order valence-electron chi connectivity index (χ4n) is 1.38. The molecule has 0 aromatic heterocycles. The molecule has 0 bridgehead atoms. The van der Waals surface area contributed by atoms with Gasteiger partial charge in [-0.05, 0) is 12.5 Å². The molecule has 1 fully saturated rings. The summed E-state index contributed by atoms with van der Waals surface area (Å²) in [5.74, 6) is -2.69. The van der Waals surface area contributed by atoms with Crippen molar-refractivity contribution in [3.05, 3.63) is 11.8 Å². The maximum absolute atomic E-state index is 10.6.